The number of halogens is 1. The monoisotopic (exact) mass is 368 g/mol. The Morgan fingerprint density at radius 1 is 1.19 bits per heavy atom. The van der Waals surface area contributed by atoms with Crippen LogP contribution in [0.5, 0.6) is 0 Å². The highest BCUT2D eigenvalue weighted by molar-refractivity contribution is 9.10. The molecule has 1 aromatic carbocycles. The first-order valence-corrected chi connectivity index (χ1v) is 8.99. The highest BCUT2D eigenvalue weighted by atomic mass is 79.9. The molecule has 0 bridgehead atoms. The summed E-state index contributed by atoms with van der Waals surface area (Å²) in [5.41, 5.74) is 3.36. The van der Waals surface area contributed by atoms with Crippen molar-refractivity contribution in [3.8, 4) is 0 Å². The summed E-state index contributed by atoms with van der Waals surface area (Å²) in [5.74, 6) is 0.0121. The molecule has 0 unspecified atom stereocenters. The van der Waals surface area contributed by atoms with Gasteiger partial charge >= 0.3 is 0 Å². The lowest BCUT2D eigenvalue weighted by atomic mass is 10.1. The van der Waals surface area contributed by atoms with Gasteiger partial charge in [-0.15, -0.1) is 0 Å². The SMILES string of the molecule is Cc1cc(NS(=O)(=O)CCc2ccccn2)cc(C)c1Br. The van der Waals surface area contributed by atoms with Crippen LogP contribution in [0.1, 0.15) is 16.8 Å². The van der Waals surface area contributed by atoms with Crippen molar-refractivity contribution >= 4 is 31.6 Å². The summed E-state index contributed by atoms with van der Waals surface area (Å²) >= 11 is 3.47. The van der Waals surface area contributed by atoms with Gasteiger partial charge in [-0.25, -0.2) is 8.42 Å². The molecule has 1 heterocycles. The predicted molar refractivity (Wildman–Crippen MR) is 89.0 cm³/mol. The molecule has 0 fully saturated rings. The Morgan fingerprint density at radius 3 is 2.43 bits per heavy atom. The van der Waals surface area contributed by atoms with Crippen LogP contribution in [0.3, 0.4) is 0 Å². The fraction of sp³-hybridized carbons (Fsp3) is 0.267. The summed E-state index contributed by atoms with van der Waals surface area (Å²) < 4.78 is 27.9. The summed E-state index contributed by atoms with van der Waals surface area (Å²) in [7, 11) is -3.38. The van der Waals surface area contributed by atoms with E-state index in [1.807, 2.05) is 44.2 Å². The molecule has 0 saturated carbocycles. The lowest BCUT2D eigenvalue weighted by molar-refractivity contribution is 0.600. The van der Waals surface area contributed by atoms with Gasteiger partial charge < -0.3 is 0 Å². The first kappa shape index (κ1) is 16.0. The molecule has 4 nitrogen and oxygen atoms in total. The van der Waals surface area contributed by atoms with E-state index < -0.39 is 10.0 Å². The van der Waals surface area contributed by atoms with E-state index in [4.69, 9.17) is 0 Å². The number of nitrogens with zero attached hydrogens (tertiary/aromatic N) is 1. The molecule has 0 amide bonds. The van der Waals surface area contributed by atoms with Gasteiger partial charge in [0.15, 0.2) is 0 Å². The molecule has 0 aliphatic rings. The maximum Gasteiger partial charge on any atom is 0.233 e. The number of hydrogen-bond donors (Lipinski definition) is 1. The van der Waals surface area contributed by atoms with Gasteiger partial charge in [0.25, 0.3) is 0 Å². The summed E-state index contributed by atoms with van der Waals surface area (Å²) in [6.45, 7) is 3.87. The molecule has 6 heteroatoms. The lowest BCUT2D eigenvalue weighted by Gasteiger charge is -2.11. The number of aryl methyl sites for hydroxylation is 3. The number of hydrogen-bond acceptors (Lipinski definition) is 3. The van der Waals surface area contributed by atoms with Crippen LogP contribution >= 0.6 is 15.9 Å². The van der Waals surface area contributed by atoms with E-state index in [0.29, 0.717) is 12.1 Å². The van der Waals surface area contributed by atoms with Crippen molar-refractivity contribution in [2.24, 2.45) is 0 Å². The number of benzene rings is 1. The van der Waals surface area contributed by atoms with E-state index in [2.05, 4.69) is 25.6 Å². The minimum absolute atomic E-state index is 0.0121. The number of aromatic nitrogens is 1. The van der Waals surface area contributed by atoms with Crippen molar-refractivity contribution in [2.45, 2.75) is 20.3 Å². The Labute approximate surface area is 133 Å². The molecule has 0 saturated heterocycles. The van der Waals surface area contributed by atoms with Crippen molar-refractivity contribution in [1.82, 2.24) is 4.98 Å². The number of anilines is 1. The van der Waals surface area contributed by atoms with E-state index in [1.165, 1.54) is 0 Å². The van der Waals surface area contributed by atoms with Gasteiger partial charge in [-0.05, 0) is 49.2 Å². The van der Waals surface area contributed by atoms with Gasteiger partial charge in [0.05, 0.1) is 5.75 Å². The molecule has 112 valence electrons. The third-order valence-electron chi connectivity index (χ3n) is 3.06. The minimum Gasteiger partial charge on any atom is -0.284 e. The van der Waals surface area contributed by atoms with Gasteiger partial charge in [-0.3, -0.25) is 9.71 Å². The van der Waals surface area contributed by atoms with Crippen molar-refractivity contribution in [3.63, 3.8) is 0 Å². The van der Waals surface area contributed by atoms with Crippen molar-refractivity contribution < 1.29 is 8.42 Å². The van der Waals surface area contributed by atoms with Crippen LogP contribution in [0.4, 0.5) is 5.69 Å². The summed E-state index contributed by atoms with van der Waals surface area (Å²) in [5, 5.41) is 0. The number of sulfonamides is 1. The predicted octanol–water partition coefficient (Wildman–Crippen LogP) is 3.45. The third-order valence-corrected chi connectivity index (χ3v) is 5.60. The molecule has 0 aliphatic carbocycles. The van der Waals surface area contributed by atoms with Crippen LogP contribution in [0.2, 0.25) is 0 Å². The van der Waals surface area contributed by atoms with Crippen molar-refractivity contribution in [1.29, 1.82) is 0 Å². The second-order valence-electron chi connectivity index (χ2n) is 4.92. The first-order valence-electron chi connectivity index (χ1n) is 6.54. The second kappa shape index (κ2) is 6.58. The van der Waals surface area contributed by atoms with Crippen LogP contribution in [-0.4, -0.2) is 19.2 Å². The van der Waals surface area contributed by atoms with Crippen LogP contribution in [0.15, 0.2) is 41.0 Å². The molecule has 21 heavy (non-hydrogen) atoms. The maximum atomic E-state index is 12.1. The number of rotatable bonds is 5. The van der Waals surface area contributed by atoms with E-state index >= 15 is 0 Å². The molecular formula is C15H17BrN2O2S. The Kier molecular flexibility index (Phi) is 5.00. The number of nitrogens with one attached hydrogen (secondary N) is 1. The molecule has 0 atom stereocenters. The highest BCUT2D eigenvalue weighted by Crippen LogP contribution is 2.25. The quantitative estimate of drug-likeness (QED) is 0.878. The highest BCUT2D eigenvalue weighted by Gasteiger charge is 2.12. The lowest BCUT2D eigenvalue weighted by Crippen LogP contribution is -2.18. The normalized spacial score (nSPS) is 11.4. The van der Waals surface area contributed by atoms with Gasteiger partial charge in [0.1, 0.15) is 0 Å². The minimum atomic E-state index is -3.38. The van der Waals surface area contributed by atoms with Crippen LogP contribution < -0.4 is 4.72 Å². The van der Waals surface area contributed by atoms with Crippen LogP contribution in [0, 0.1) is 13.8 Å². The molecule has 0 spiro atoms. The van der Waals surface area contributed by atoms with E-state index in [0.717, 1.165) is 21.3 Å². The smallest absolute Gasteiger partial charge is 0.233 e. The number of pyridine rings is 1. The molecule has 2 aromatic rings. The van der Waals surface area contributed by atoms with Gasteiger partial charge in [-0.2, -0.15) is 0 Å². The largest absolute Gasteiger partial charge is 0.284 e. The van der Waals surface area contributed by atoms with Gasteiger partial charge in [-0.1, -0.05) is 22.0 Å². The zero-order valence-corrected chi connectivity index (χ0v) is 14.3. The maximum absolute atomic E-state index is 12.1. The fourth-order valence-electron chi connectivity index (χ4n) is 2.02. The molecule has 0 aliphatic heterocycles. The average molecular weight is 369 g/mol. The standard InChI is InChI=1S/C15H17BrN2O2S/c1-11-9-14(10-12(2)15(11)16)18-21(19,20)8-6-13-5-3-4-7-17-13/h3-5,7,9-10,18H,6,8H2,1-2H3. The third kappa shape index (κ3) is 4.54. The zero-order chi connectivity index (χ0) is 15.5. The molecule has 1 N–H and O–H groups in total. The molecule has 2 rings (SSSR count). The Bertz CT molecular complexity index is 708. The Hall–Kier alpha value is -1.40. The topological polar surface area (TPSA) is 59.1 Å². The molecular weight excluding hydrogens is 352 g/mol. The van der Waals surface area contributed by atoms with Gasteiger partial charge in [0.2, 0.25) is 10.0 Å². The zero-order valence-electron chi connectivity index (χ0n) is 11.9. The molecule has 0 radical (unpaired) electrons. The fourth-order valence-corrected chi connectivity index (χ4v) is 3.31. The summed E-state index contributed by atoms with van der Waals surface area (Å²) in [6, 6.07) is 9.11. The van der Waals surface area contributed by atoms with Crippen LogP contribution in [0.25, 0.3) is 0 Å². The van der Waals surface area contributed by atoms with Crippen molar-refractivity contribution in [2.75, 3.05) is 10.5 Å². The summed E-state index contributed by atoms with van der Waals surface area (Å²) in [6.07, 6.45) is 2.06. The van der Waals surface area contributed by atoms with E-state index in [9.17, 15) is 8.42 Å². The summed E-state index contributed by atoms with van der Waals surface area (Å²) in [4.78, 5) is 4.13. The first-order chi connectivity index (χ1) is 9.87. The Balaban J connectivity index is 2.07. The van der Waals surface area contributed by atoms with Crippen molar-refractivity contribution in [3.05, 3.63) is 57.8 Å². The second-order valence-corrected chi connectivity index (χ2v) is 7.55. The van der Waals surface area contributed by atoms with Gasteiger partial charge in [0, 0.05) is 28.5 Å². The molecule has 1 aromatic heterocycles. The van der Waals surface area contributed by atoms with Crippen LogP contribution in [-0.2, 0) is 16.4 Å². The van der Waals surface area contributed by atoms with E-state index in [1.54, 1.807) is 6.20 Å². The van der Waals surface area contributed by atoms with E-state index in [-0.39, 0.29) is 5.75 Å². The Morgan fingerprint density at radius 2 is 1.86 bits per heavy atom. The average Bonchev–Trinajstić information content (AvgIpc) is 2.43.